The predicted molar refractivity (Wildman–Crippen MR) is 71.1 cm³/mol. The summed E-state index contributed by atoms with van der Waals surface area (Å²) in [6.45, 7) is 2.93. The smallest absolute Gasteiger partial charge is 0.123 e. The molecule has 0 saturated carbocycles. The molecule has 1 saturated heterocycles. The van der Waals surface area contributed by atoms with Crippen LogP contribution >= 0.6 is 0 Å². The molecule has 1 aromatic carbocycles. The van der Waals surface area contributed by atoms with Gasteiger partial charge >= 0.3 is 0 Å². The van der Waals surface area contributed by atoms with E-state index < -0.39 is 0 Å². The van der Waals surface area contributed by atoms with Gasteiger partial charge in [-0.05, 0) is 62.9 Å². The molecule has 3 heteroatoms. The number of ether oxygens (including phenoxy) is 1. The lowest BCUT2D eigenvalue weighted by Crippen LogP contribution is -2.19. The molecule has 2 atom stereocenters. The van der Waals surface area contributed by atoms with Gasteiger partial charge in [-0.15, -0.1) is 0 Å². The predicted octanol–water partition coefficient (Wildman–Crippen LogP) is 3.35. The monoisotopic (exact) mass is 251 g/mol. The Bertz CT molecular complexity index is 388. The molecule has 1 aliphatic heterocycles. The first-order chi connectivity index (χ1) is 8.70. The van der Waals surface area contributed by atoms with Gasteiger partial charge in [0.1, 0.15) is 5.82 Å². The fourth-order valence-electron chi connectivity index (χ4n) is 2.67. The van der Waals surface area contributed by atoms with Crippen LogP contribution in [0.5, 0.6) is 0 Å². The van der Waals surface area contributed by atoms with Crippen LogP contribution in [0.25, 0.3) is 0 Å². The van der Waals surface area contributed by atoms with E-state index in [4.69, 9.17) is 4.74 Å². The molecule has 0 aliphatic carbocycles. The SMILES string of the molecule is CNC(CCC1CCCO1)c1cc(F)ccc1C. The maximum Gasteiger partial charge on any atom is 0.123 e. The molecular weight excluding hydrogens is 229 g/mol. The summed E-state index contributed by atoms with van der Waals surface area (Å²) in [6, 6.07) is 5.23. The van der Waals surface area contributed by atoms with Crippen LogP contribution in [0.4, 0.5) is 4.39 Å². The summed E-state index contributed by atoms with van der Waals surface area (Å²) in [5.74, 6) is -0.159. The second-order valence-electron chi connectivity index (χ2n) is 5.05. The van der Waals surface area contributed by atoms with Crippen LogP contribution in [0.3, 0.4) is 0 Å². The first-order valence-electron chi connectivity index (χ1n) is 6.75. The molecule has 100 valence electrons. The van der Waals surface area contributed by atoms with Gasteiger partial charge in [0.25, 0.3) is 0 Å². The van der Waals surface area contributed by atoms with E-state index in [9.17, 15) is 4.39 Å². The number of hydrogen-bond acceptors (Lipinski definition) is 2. The third-order valence-electron chi connectivity index (χ3n) is 3.77. The molecule has 1 aliphatic rings. The maximum absolute atomic E-state index is 13.3. The summed E-state index contributed by atoms with van der Waals surface area (Å²) < 4.78 is 19.0. The molecule has 2 unspecified atom stereocenters. The van der Waals surface area contributed by atoms with Gasteiger partial charge in [-0.1, -0.05) is 6.07 Å². The van der Waals surface area contributed by atoms with Crippen molar-refractivity contribution < 1.29 is 9.13 Å². The fourth-order valence-corrected chi connectivity index (χ4v) is 2.67. The molecule has 0 aromatic heterocycles. The lowest BCUT2D eigenvalue weighted by molar-refractivity contribution is 0.0998. The Kier molecular flexibility index (Phi) is 4.72. The van der Waals surface area contributed by atoms with Gasteiger partial charge in [0.15, 0.2) is 0 Å². The zero-order valence-electron chi connectivity index (χ0n) is 11.2. The van der Waals surface area contributed by atoms with Crippen LogP contribution in [-0.4, -0.2) is 19.8 Å². The van der Waals surface area contributed by atoms with Crippen molar-refractivity contribution in [3.8, 4) is 0 Å². The molecule has 0 bridgehead atoms. The average Bonchev–Trinajstić information content (AvgIpc) is 2.87. The van der Waals surface area contributed by atoms with E-state index in [1.54, 1.807) is 6.07 Å². The van der Waals surface area contributed by atoms with Crippen molar-refractivity contribution in [2.75, 3.05) is 13.7 Å². The van der Waals surface area contributed by atoms with E-state index in [1.165, 1.54) is 18.9 Å². The molecule has 0 radical (unpaired) electrons. The molecule has 2 nitrogen and oxygen atoms in total. The molecule has 2 rings (SSSR count). The molecule has 18 heavy (non-hydrogen) atoms. The number of halogens is 1. The molecule has 1 heterocycles. The largest absolute Gasteiger partial charge is 0.378 e. The summed E-state index contributed by atoms with van der Waals surface area (Å²) in [6.07, 6.45) is 4.77. The van der Waals surface area contributed by atoms with Gasteiger partial charge in [-0.25, -0.2) is 4.39 Å². The van der Waals surface area contributed by atoms with Crippen LogP contribution in [-0.2, 0) is 4.74 Å². The molecule has 1 N–H and O–H groups in total. The van der Waals surface area contributed by atoms with Gasteiger partial charge in [0, 0.05) is 12.6 Å². The van der Waals surface area contributed by atoms with Gasteiger partial charge in [-0.3, -0.25) is 0 Å². The van der Waals surface area contributed by atoms with Gasteiger partial charge in [0.05, 0.1) is 6.10 Å². The normalized spacial score (nSPS) is 21.2. The van der Waals surface area contributed by atoms with E-state index in [1.807, 2.05) is 20.0 Å². The minimum atomic E-state index is -0.159. The summed E-state index contributed by atoms with van der Waals surface area (Å²) in [5, 5.41) is 3.29. The van der Waals surface area contributed by atoms with E-state index in [-0.39, 0.29) is 11.9 Å². The average molecular weight is 251 g/mol. The second-order valence-corrected chi connectivity index (χ2v) is 5.05. The molecule has 1 aromatic rings. The van der Waals surface area contributed by atoms with Crippen molar-refractivity contribution >= 4 is 0 Å². The van der Waals surface area contributed by atoms with Gasteiger partial charge < -0.3 is 10.1 Å². The van der Waals surface area contributed by atoms with E-state index in [0.717, 1.165) is 30.6 Å². The number of benzene rings is 1. The standard InChI is InChI=1S/C15H22FNO/c1-11-5-6-12(16)10-14(11)15(17-2)8-7-13-4-3-9-18-13/h5-6,10,13,15,17H,3-4,7-9H2,1-2H3. The van der Waals surface area contributed by atoms with Crippen molar-refractivity contribution in [3.05, 3.63) is 35.1 Å². The first-order valence-corrected chi connectivity index (χ1v) is 6.75. The van der Waals surface area contributed by atoms with E-state index in [2.05, 4.69) is 5.32 Å². The molecular formula is C15H22FNO. The van der Waals surface area contributed by atoms with Crippen molar-refractivity contribution in [2.24, 2.45) is 0 Å². The Morgan fingerprint density at radius 1 is 1.50 bits per heavy atom. The molecule has 0 amide bonds. The molecule has 1 fully saturated rings. The Morgan fingerprint density at radius 3 is 3.00 bits per heavy atom. The van der Waals surface area contributed by atoms with Gasteiger partial charge in [-0.2, -0.15) is 0 Å². The Hall–Kier alpha value is -0.930. The highest BCUT2D eigenvalue weighted by atomic mass is 19.1. The number of rotatable bonds is 5. The summed E-state index contributed by atoms with van der Waals surface area (Å²) in [5.41, 5.74) is 2.21. The van der Waals surface area contributed by atoms with Crippen LogP contribution in [0.2, 0.25) is 0 Å². The minimum Gasteiger partial charge on any atom is -0.378 e. The number of hydrogen-bond donors (Lipinski definition) is 1. The zero-order chi connectivity index (χ0) is 13.0. The highest BCUT2D eigenvalue weighted by molar-refractivity contribution is 5.29. The van der Waals surface area contributed by atoms with Crippen LogP contribution < -0.4 is 5.32 Å². The van der Waals surface area contributed by atoms with Crippen molar-refractivity contribution in [3.63, 3.8) is 0 Å². The highest BCUT2D eigenvalue weighted by Gasteiger charge is 2.19. The van der Waals surface area contributed by atoms with Crippen LogP contribution in [0.1, 0.15) is 42.9 Å². The van der Waals surface area contributed by atoms with Crippen LogP contribution in [0.15, 0.2) is 18.2 Å². The fraction of sp³-hybridized carbons (Fsp3) is 0.600. The molecule has 0 spiro atoms. The Labute approximate surface area is 109 Å². The van der Waals surface area contributed by atoms with E-state index >= 15 is 0 Å². The topological polar surface area (TPSA) is 21.3 Å². The lowest BCUT2D eigenvalue weighted by Gasteiger charge is -2.20. The van der Waals surface area contributed by atoms with Crippen molar-refractivity contribution in [2.45, 2.75) is 44.8 Å². The number of aryl methyl sites for hydroxylation is 1. The van der Waals surface area contributed by atoms with Crippen molar-refractivity contribution in [1.82, 2.24) is 5.32 Å². The third kappa shape index (κ3) is 3.30. The van der Waals surface area contributed by atoms with Gasteiger partial charge in [0.2, 0.25) is 0 Å². The summed E-state index contributed by atoms with van der Waals surface area (Å²) >= 11 is 0. The lowest BCUT2D eigenvalue weighted by atomic mass is 9.96. The maximum atomic E-state index is 13.3. The third-order valence-corrected chi connectivity index (χ3v) is 3.77. The number of nitrogens with one attached hydrogen (secondary N) is 1. The Morgan fingerprint density at radius 2 is 2.33 bits per heavy atom. The highest BCUT2D eigenvalue weighted by Crippen LogP contribution is 2.26. The second kappa shape index (κ2) is 6.30. The van der Waals surface area contributed by atoms with E-state index in [0.29, 0.717) is 6.10 Å². The summed E-state index contributed by atoms with van der Waals surface area (Å²) in [4.78, 5) is 0. The van der Waals surface area contributed by atoms with Crippen LogP contribution in [0, 0.1) is 12.7 Å². The quantitative estimate of drug-likeness (QED) is 0.866. The minimum absolute atomic E-state index is 0.159. The first kappa shape index (κ1) is 13.5. The van der Waals surface area contributed by atoms with Crippen molar-refractivity contribution in [1.29, 1.82) is 0 Å². The summed E-state index contributed by atoms with van der Waals surface area (Å²) in [7, 11) is 1.94. The zero-order valence-corrected chi connectivity index (χ0v) is 11.2. The Balaban J connectivity index is 2.00.